The van der Waals surface area contributed by atoms with E-state index in [1.807, 2.05) is 36.6 Å². The Morgan fingerprint density at radius 1 is 1.20 bits per heavy atom. The van der Waals surface area contributed by atoms with Crippen LogP contribution in [0.2, 0.25) is 0 Å². The molecule has 2 aromatic rings. The summed E-state index contributed by atoms with van der Waals surface area (Å²) >= 11 is 1.43. The molecule has 2 amide bonds. The fourth-order valence-corrected chi connectivity index (χ4v) is 4.85. The average Bonchev–Trinajstić information content (AvgIpc) is 3.28. The number of morpholine rings is 1. The van der Waals surface area contributed by atoms with Crippen molar-refractivity contribution in [3.63, 3.8) is 0 Å². The Labute approximate surface area is 181 Å². The van der Waals surface area contributed by atoms with Crippen LogP contribution >= 0.6 is 11.3 Å². The normalized spacial score (nSPS) is 25.0. The average molecular weight is 429 g/mol. The quantitative estimate of drug-likeness (QED) is 0.792. The van der Waals surface area contributed by atoms with Gasteiger partial charge in [-0.2, -0.15) is 0 Å². The van der Waals surface area contributed by atoms with Crippen LogP contribution in [-0.2, 0) is 20.9 Å². The Morgan fingerprint density at radius 3 is 2.60 bits per heavy atom. The van der Waals surface area contributed by atoms with E-state index in [4.69, 9.17) is 4.74 Å². The third-order valence-corrected chi connectivity index (χ3v) is 6.31. The molecule has 0 spiro atoms. The largest absolute Gasteiger partial charge is 0.373 e. The number of nitrogens with one attached hydrogen (secondary N) is 1. The van der Waals surface area contributed by atoms with Gasteiger partial charge in [0.1, 0.15) is 0 Å². The minimum Gasteiger partial charge on any atom is -0.373 e. The molecule has 0 aliphatic carbocycles. The zero-order valence-electron chi connectivity index (χ0n) is 17.6. The van der Waals surface area contributed by atoms with Crippen LogP contribution in [0.15, 0.2) is 29.6 Å². The topological polar surface area (TPSA) is 74.8 Å². The van der Waals surface area contributed by atoms with Crippen LogP contribution in [0.1, 0.15) is 31.5 Å². The van der Waals surface area contributed by atoms with Gasteiger partial charge in [0.05, 0.1) is 23.8 Å². The lowest BCUT2D eigenvalue weighted by molar-refractivity contribution is -0.122. The van der Waals surface area contributed by atoms with Gasteiger partial charge < -0.3 is 15.0 Å². The summed E-state index contributed by atoms with van der Waals surface area (Å²) in [4.78, 5) is 33.7. The number of thiazole rings is 1. The molecule has 4 rings (SSSR count). The van der Waals surface area contributed by atoms with Crippen LogP contribution in [0.25, 0.3) is 0 Å². The van der Waals surface area contributed by atoms with E-state index in [0.717, 1.165) is 36.6 Å². The molecule has 1 N–H and O–H groups in total. The number of rotatable bonds is 5. The van der Waals surface area contributed by atoms with Gasteiger partial charge >= 0.3 is 0 Å². The van der Waals surface area contributed by atoms with Crippen molar-refractivity contribution >= 4 is 34.0 Å². The summed E-state index contributed by atoms with van der Waals surface area (Å²) in [7, 11) is 0. The molecule has 0 saturated carbocycles. The number of hydrogen-bond acceptors (Lipinski definition) is 6. The smallest absolute Gasteiger partial charge is 0.231 e. The van der Waals surface area contributed by atoms with Crippen molar-refractivity contribution in [2.75, 3.05) is 29.9 Å². The lowest BCUT2D eigenvalue weighted by atomic mass is 10.1. The summed E-state index contributed by atoms with van der Waals surface area (Å²) in [6, 6.07) is 7.80. The molecule has 2 fully saturated rings. The summed E-state index contributed by atoms with van der Waals surface area (Å²) in [5, 5.41) is 5.48. The molecule has 1 aromatic carbocycles. The first-order valence-corrected chi connectivity index (χ1v) is 11.3. The number of carbonyl (C=O) groups is 2. The van der Waals surface area contributed by atoms with Gasteiger partial charge in [0.15, 0.2) is 5.13 Å². The van der Waals surface area contributed by atoms with Gasteiger partial charge in [0.2, 0.25) is 11.8 Å². The molecule has 160 valence electrons. The van der Waals surface area contributed by atoms with Crippen LogP contribution in [-0.4, -0.2) is 53.5 Å². The zero-order valence-corrected chi connectivity index (χ0v) is 18.4. The Morgan fingerprint density at radius 2 is 1.90 bits per heavy atom. The first-order chi connectivity index (χ1) is 14.4. The van der Waals surface area contributed by atoms with Gasteiger partial charge in [-0.05, 0) is 32.9 Å². The number of anilines is 2. The van der Waals surface area contributed by atoms with Crippen molar-refractivity contribution in [3.8, 4) is 0 Å². The van der Waals surface area contributed by atoms with Crippen molar-refractivity contribution in [3.05, 3.63) is 40.9 Å². The van der Waals surface area contributed by atoms with Gasteiger partial charge in [-0.15, -0.1) is 11.3 Å². The lowest BCUT2D eigenvalue weighted by Crippen LogP contribution is -2.44. The number of aryl methyl sites for hydroxylation is 1. The summed E-state index contributed by atoms with van der Waals surface area (Å²) < 4.78 is 5.78. The van der Waals surface area contributed by atoms with Gasteiger partial charge in [-0.3, -0.25) is 14.5 Å². The van der Waals surface area contributed by atoms with Gasteiger partial charge in [0, 0.05) is 43.7 Å². The van der Waals surface area contributed by atoms with Crippen molar-refractivity contribution in [1.29, 1.82) is 0 Å². The molecule has 0 bridgehead atoms. The summed E-state index contributed by atoms with van der Waals surface area (Å²) in [6.45, 7) is 9.07. The number of amides is 2. The molecule has 0 unspecified atom stereocenters. The second-order valence-corrected chi connectivity index (χ2v) is 9.18. The van der Waals surface area contributed by atoms with E-state index in [1.165, 1.54) is 11.3 Å². The predicted molar refractivity (Wildman–Crippen MR) is 118 cm³/mol. The van der Waals surface area contributed by atoms with Gasteiger partial charge in [-0.25, -0.2) is 4.98 Å². The number of aromatic nitrogens is 1. The van der Waals surface area contributed by atoms with E-state index in [-0.39, 0.29) is 36.4 Å². The highest BCUT2D eigenvalue weighted by Crippen LogP contribution is 2.27. The van der Waals surface area contributed by atoms with Crippen molar-refractivity contribution < 1.29 is 14.3 Å². The maximum absolute atomic E-state index is 12.7. The molecular formula is C22H28N4O3S. The number of benzene rings is 1. The Kier molecular flexibility index (Phi) is 6.17. The van der Waals surface area contributed by atoms with Crippen LogP contribution in [0, 0.1) is 12.8 Å². The number of carbonyl (C=O) groups excluding carboxylic acids is 2. The summed E-state index contributed by atoms with van der Waals surface area (Å²) in [5.41, 5.74) is 2.92. The van der Waals surface area contributed by atoms with E-state index in [0.29, 0.717) is 11.7 Å². The van der Waals surface area contributed by atoms with E-state index < -0.39 is 0 Å². The first-order valence-electron chi connectivity index (χ1n) is 10.4. The zero-order chi connectivity index (χ0) is 21.3. The minimum atomic E-state index is -0.368. The highest BCUT2D eigenvalue weighted by molar-refractivity contribution is 7.13. The Balaban J connectivity index is 1.33. The molecule has 3 atom stereocenters. The fourth-order valence-electron chi connectivity index (χ4n) is 4.14. The Hall–Kier alpha value is -2.29. The van der Waals surface area contributed by atoms with Crippen LogP contribution < -0.4 is 10.2 Å². The van der Waals surface area contributed by atoms with Crippen molar-refractivity contribution in [1.82, 2.24) is 9.88 Å². The SMILES string of the molecule is Cc1ccc(N2C[C@H](C(=O)Nc3nc(CN4C[C@@H](C)O[C@H](C)C4)cs3)CC2=O)cc1. The van der Waals surface area contributed by atoms with Gasteiger partial charge in [-0.1, -0.05) is 17.7 Å². The highest BCUT2D eigenvalue weighted by Gasteiger charge is 2.35. The molecule has 3 heterocycles. The second kappa shape index (κ2) is 8.83. The van der Waals surface area contributed by atoms with Crippen LogP contribution in [0.3, 0.4) is 0 Å². The molecular weight excluding hydrogens is 400 g/mol. The summed E-state index contributed by atoms with van der Waals surface area (Å²) in [6.07, 6.45) is 0.646. The molecule has 2 saturated heterocycles. The molecule has 1 aromatic heterocycles. The van der Waals surface area contributed by atoms with E-state index in [2.05, 4.69) is 29.0 Å². The molecule has 0 radical (unpaired) electrons. The minimum absolute atomic E-state index is 0.0191. The van der Waals surface area contributed by atoms with Crippen LogP contribution in [0.4, 0.5) is 10.8 Å². The number of nitrogens with zero attached hydrogens (tertiary/aromatic N) is 3. The number of hydrogen-bond donors (Lipinski definition) is 1. The third-order valence-electron chi connectivity index (χ3n) is 5.50. The van der Waals surface area contributed by atoms with Crippen LogP contribution in [0.5, 0.6) is 0 Å². The monoisotopic (exact) mass is 428 g/mol. The maximum Gasteiger partial charge on any atom is 0.231 e. The standard InChI is InChI=1S/C22H28N4O3S/c1-14-4-6-19(7-5-14)26-11-17(8-20(26)27)21(28)24-22-23-18(13-30-22)12-25-9-15(2)29-16(3)10-25/h4-7,13,15-17H,8-12H2,1-3H3,(H,23,24,28)/t15-,16-,17-/m1/s1. The van der Waals surface area contributed by atoms with E-state index >= 15 is 0 Å². The number of ether oxygens (including phenoxy) is 1. The third kappa shape index (κ3) is 4.88. The molecule has 2 aliphatic heterocycles. The van der Waals surface area contributed by atoms with E-state index in [1.54, 1.807) is 4.90 Å². The van der Waals surface area contributed by atoms with Crippen molar-refractivity contribution in [2.45, 2.75) is 45.9 Å². The lowest BCUT2D eigenvalue weighted by Gasteiger charge is -2.34. The first kappa shape index (κ1) is 21.0. The predicted octanol–water partition coefficient (Wildman–Crippen LogP) is 3.05. The maximum atomic E-state index is 12.7. The highest BCUT2D eigenvalue weighted by atomic mass is 32.1. The molecule has 7 nitrogen and oxygen atoms in total. The molecule has 2 aliphatic rings. The fraction of sp³-hybridized carbons (Fsp3) is 0.500. The molecule has 30 heavy (non-hydrogen) atoms. The second-order valence-electron chi connectivity index (χ2n) is 8.33. The van der Waals surface area contributed by atoms with Gasteiger partial charge in [0.25, 0.3) is 0 Å². The van der Waals surface area contributed by atoms with Crippen molar-refractivity contribution in [2.24, 2.45) is 5.92 Å². The Bertz CT molecular complexity index is 903. The molecule has 8 heteroatoms. The van der Waals surface area contributed by atoms with E-state index in [9.17, 15) is 9.59 Å². The summed E-state index contributed by atoms with van der Waals surface area (Å²) in [5.74, 6) is -0.533.